The number of carboxylic acid groups (broad SMARTS) is 1. The molecule has 0 heterocycles. The summed E-state index contributed by atoms with van der Waals surface area (Å²) in [4.78, 5) is 19.6. The minimum Gasteiger partial charge on any atom is -0.481 e. The molecule has 0 saturated heterocycles. The molecule has 0 saturated carbocycles. The summed E-state index contributed by atoms with van der Waals surface area (Å²) < 4.78 is 4.51. The molecule has 82 valence electrons. The third kappa shape index (κ3) is 16.9. The summed E-state index contributed by atoms with van der Waals surface area (Å²) in [6.07, 6.45) is 1.80. The van der Waals surface area contributed by atoms with Crippen LogP contribution >= 0.6 is 0 Å². The second kappa shape index (κ2) is 11.6. The first-order chi connectivity index (χ1) is 6.58. The summed E-state index contributed by atoms with van der Waals surface area (Å²) in [5.41, 5.74) is 0. The summed E-state index contributed by atoms with van der Waals surface area (Å²) in [5, 5.41) is 16.0. The molecule has 0 unspecified atom stereocenters. The normalized spacial score (nSPS) is 8.14. The highest BCUT2D eigenvalue weighted by molar-refractivity contribution is 5.81. The number of aliphatic hydroxyl groups excluding tert-OH is 1. The van der Waals surface area contributed by atoms with Crippen molar-refractivity contribution in [2.45, 2.75) is 19.8 Å². The van der Waals surface area contributed by atoms with Crippen molar-refractivity contribution in [2.75, 3.05) is 13.2 Å². The Balaban J connectivity index is 0. The summed E-state index contributed by atoms with van der Waals surface area (Å²) >= 11 is 0. The molecule has 0 aromatic rings. The van der Waals surface area contributed by atoms with Crippen molar-refractivity contribution in [2.24, 2.45) is 0 Å². The molecule has 0 aromatic heterocycles. The molecular formula is C9H16O5. The zero-order valence-electron chi connectivity index (χ0n) is 8.23. The van der Waals surface area contributed by atoms with Crippen molar-refractivity contribution >= 4 is 11.9 Å². The fraction of sp³-hybridized carbons (Fsp3) is 0.556. The zero-order valence-corrected chi connectivity index (χ0v) is 8.23. The van der Waals surface area contributed by atoms with E-state index >= 15 is 0 Å². The van der Waals surface area contributed by atoms with Crippen LogP contribution in [0.4, 0.5) is 0 Å². The maximum atomic E-state index is 10.3. The highest BCUT2D eigenvalue weighted by Gasteiger charge is 1.91. The van der Waals surface area contributed by atoms with Gasteiger partial charge in [-0.15, -0.1) is 0 Å². The van der Waals surface area contributed by atoms with Crippen LogP contribution in [-0.2, 0) is 14.3 Å². The van der Waals surface area contributed by atoms with Crippen LogP contribution in [0.2, 0.25) is 0 Å². The van der Waals surface area contributed by atoms with Crippen LogP contribution < -0.4 is 0 Å². The van der Waals surface area contributed by atoms with Gasteiger partial charge in [0, 0.05) is 25.5 Å². The van der Waals surface area contributed by atoms with E-state index in [1.54, 1.807) is 6.92 Å². The molecule has 0 amide bonds. The number of carbonyl (C=O) groups is 2. The fourth-order valence-corrected chi connectivity index (χ4v) is 0.296. The van der Waals surface area contributed by atoms with Crippen molar-refractivity contribution in [1.82, 2.24) is 0 Å². The first-order valence-electron chi connectivity index (χ1n) is 4.20. The zero-order chi connectivity index (χ0) is 11.4. The number of ether oxygens (including phenoxy) is 1. The Kier molecular flexibility index (Phi) is 12.6. The summed E-state index contributed by atoms with van der Waals surface area (Å²) in [5.74, 6) is -1.19. The molecule has 0 aliphatic heterocycles. The Hall–Kier alpha value is -1.36. The predicted octanol–water partition coefficient (Wildman–Crippen LogP) is 0.579. The van der Waals surface area contributed by atoms with E-state index < -0.39 is 11.9 Å². The first kappa shape index (κ1) is 15.1. The van der Waals surface area contributed by atoms with Gasteiger partial charge in [-0.25, -0.2) is 4.79 Å². The second-order valence-corrected chi connectivity index (χ2v) is 2.20. The van der Waals surface area contributed by atoms with Crippen molar-refractivity contribution in [3.8, 4) is 0 Å². The van der Waals surface area contributed by atoms with Crippen molar-refractivity contribution in [1.29, 1.82) is 0 Å². The van der Waals surface area contributed by atoms with Crippen LogP contribution in [0.25, 0.3) is 0 Å². The number of rotatable bonds is 5. The molecule has 0 aromatic carbocycles. The molecule has 14 heavy (non-hydrogen) atoms. The molecule has 2 N–H and O–H groups in total. The van der Waals surface area contributed by atoms with Gasteiger partial charge in [-0.3, -0.25) is 4.79 Å². The van der Waals surface area contributed by atoms with E-state index in [-0.39, 0.29) is 19.6 Å². The van der Waals surface area contributed by atoms with E-state index in [1.807, 2.05) is 0 Å². The average molecular weight is 204 g/mol. The Morgan fingerprint density at radius 2 is 2.00 bits per heavy atom. The number of carboxylic acids is 1. The number of aliphatic hydroxyl groups is 1. The Labute approximate surface area is 83.0 Å². The molecule has 0 atom stereocenters. The van der Waals surface area contributed by atoms with E-state index in [2.05, 4.69) is 11.3 Å². The lowest BCUT2D eigenvalue weighted by atomic mass is 10.5. The smallest absolute Gasteiger partial charge is 0.330 e. The van der Waals surface area contributed by atoms with E-state index in [4.69, 9.17) is 10.2 Å². The van der Waals surface area contributed by atoms with Crippen LogP contribution in [0.3, 0.4) is 0 Å². The SMILES string of the molecule is C=CC(=O)OCCCO.CCC(=O)O. The van der Waals surface area contributed by atoms with Gasteiger partial charge in [0.2, 0.25) is 0 Å². The van der Waals surface area contributed by atoms with Crippen molar-refractivity contribution in [3.05, 3.63) is 12.7 Å². The first-order valence-corrected chi connectivity index (χ1v) is 4.20. The van der Waals surface area contributed by atoms with E-state index in [0.29, 0.717) is 6.42 Å². The van der Waals surface area contributed by atoms with Gasteiger partial charge in [-0.2, -0.15) is 0 Å². The third-order valence-corrected chi connectivity index (χ3v) is 1.02. The van der Waals surface area contributed by atoms with Crippen molar-refractivity contribution < 1.29 is 24.5 Å². The van der Waals surface area contributed by atoms with E-state index in [1.165, 1.54) is 0 Å². The monoisotopic (exact) mass is 204 g/mol. The van der Waals surface area contributed by atoms with E-state index in [0.717, 1.165) is 6.08 Å². The number of hydrogen-bond acceptors (Lipinski definition) is 4. The lowest BCUT2D eigenvalue weighted by Gasteiger charge is -1.96. The van der Waals surface area contributed by atoms with Gasteiger partial charge in [0.15, 0.2) is 0 Å². The minimum atomic E-state index is -0.745. The number of aliphatic carboxylic acids is 1. The Morgan fingerprint density at radius 1 is 1.50 bits per heavy atom. The lowest BCUT2D eigenvalue weighted by Crippen LogP contribution is -2.02. The topological polar surface area (TPSA) is 83.8 Å². The molecule has 0 spiro atoms. The van der Waals surface area contributed by atoms with Gasteiger partial charge < -0.3 is 14.9 Å². The molecular weight excluding hydrogens is 188 g/mol. The van der Waals surface area contributed by atoms with E-state index in [9.17, 15) is 9.59 Å². The van der Waals surface area contributed by atoms with Crippen LogP contribution in [-0.4, -0.2) is 35.4 Å². The summed E-state index contributed by atoms with van der Waals surface area (Å²) in [6.45, 7) is 5.11. The minimum absolute atomic E-state index is 0.0461. The van der Waals surface area contributed by atoms with Gasteiger partial charge in [0.05, 0.1) is 6.61 Å². The maximum Gasteiger partial charge on any atom is 0.330 e. The highest BCUT2D eigenvalue weighted by Crippen LogP contribution is 1.82. The van der Waals surface area contributed by atoms with Gasteiger partial charge in [0.1, 0.15) is 0 Å². The summed E-state index contributed by atoms with van der Waals surface area (Å²) in [7, 11) is 0. The predicted molar refractivity (Wildman–Crippen MR) is 50.8 cm³/mol. The number of carbonyl (C=O) groups excluding carboxylic acids is 1. The standard InChI is InChI=1S/C6H10O3.C3H6O2/c1-2-6(8)9-5-3-4-7;1-2-3(4)5/h2,7H,1,3-5H2;2H2,1H3,(H,4,5). The van der Waals surface area contributed by atoms with Gasteiger partial charge >= 0.3 is 11.9 Å². The van der Waals surface area contributed by atoms with Crippen LogP contribution in [0.1, 0.15) is 19.8 Å². The quantitative estimate of drug-likeness (QED) is 0.389. The average Bonchev–Trinajstić information content (AvgIpc) is 2.19. The third-order valence-electron chi connectivity index (χ3n) is 1.02. The Morgan fingerprint density at radius 3 is 2.29 bits per heavy atom. The highest BCUT2D eigenvalue weighted by atomic mass is 16.5. The van der Waals surface area contributed by atoms with Crippen LogP contribution in [0.15, 0.2) is 12.7 Å². The largest absolute Gasteiger partial charge is 0.481 e. The molecule has 5 nitrogen and oxygen atoms in total. The second-order valence-electron chi connectivity index (χ2n) is 2.20. The molecule has 0 fully saturated rings. The van der Waals surface area contributed by atoms with Gasteiger partial charge in [0.25, 0.3) is 0 Å². The molecule has 0 aliphatic rings. The van der Waals surface area contributed by atoms with Crippen molar-refractivity contribution in [3.63, 3.8) is 0 Å². The number of hydrogen-bond donors (Lipinski definition) is 2. The van der Waals surface area contributed by atoms with Crippen LogP contribution in [0.5, 0.6) is 0 Å². The van der Waals surface area contributed by atoms with Gasteiger partial charge in [-0.1, -0.05) is 13.5 Å². The molecule has 0 rings (SSSR count). The molecule has 5 heteroatoms. The van der Waals surface area contributed by atoms with Gasteiger partial charge in [-0.05, 0) is 0 Å². The maximum absolute atomic E-state index is 10.3. The number of esters is 1. The Bertz CT molecular complexity index is 176. The fourth-order valence-electron chi connectivity index (χ4n) is 0.296. The molecule has 0 aliphatic carbocycles. The molecule has 0 bridgehead atoms. The lowest BCUT2D eigenvalue weighted by molar-refractivity contribution is -0.138. The summed E-state index contributed by atoms with van der Waals surface area (Å²) in [6, 6.07) is 0. The molecule has 0 radical (unpaired) electrons. The van der Waals surface area contributed by atoms with Crippen LogP contribution in [0, 0.1) is 0 Å².